The Kier molecular flexibility index (Phi) is 6.03. The van der Waals surface area contributed by atoms with E-state index in [1.807, 2.05) is 82.3 Å². The molecule has 124 valence electrons. The predicted molar refractivity (Wildman–Crippen MR) is 97.9 cm³/mol. The van der Waals surface area contributed by atoms with Gasteiger partial charge in [-0.1, -0.05) is 30.3 Å². The third kappa shape index (κ3) is 4.89. The number of nitriles is 1. The number of allylic oxidation sites excluding steroid dienone is 1. The SMILES string of the molecule is CC(C)Oc1ccc(/C=C(/C#N)c2ccccc2)c(OC(C)C)c1. The molecule has 0 fully saturated rings. The summed E-state index contributed by atoms with van der Waals surface area (Å²) < 4.78 is 11.7. The van der Waals surface area contributed by atoms with Crippen LogP contribution in [0.2, 0.25) is 0 Å². The summed E-state index contributed by atoms with van der Waals surface area (Å²) in [5, 5.41) is 9.50. The molecule has 3 heteroatoms. The van der Waals surface area contributed by atoms with E-state index in [1.54, 1.807) is 0 Å². The Labute approximate surface area is 144 Å². The first kappa shape index (κ1) is 17.6. The van der Waals surface area contributed by atoms with E-state index in [-0.39, 0.29) is 12.2 Å². The second-order valence-electron chi connectivity index (χ2n) is 6.07. The third-order valence-corrected chi connectivity index (χ3v) is 3.22. The van der Waals surface area contributed by atoms with Crippen molar-refractivity contribution in [1.29, 1.82) is 5.26 Å². The van der Waals surface area contributed by atoms with Crippen LogP contribution in [-0.2, 0) is 0 Å². The van der Waals surface area contributed by atoms with Crippen LogP contribution in [0.25, 0.3) is 11.6 Å². The van der Waals surface area contributed by atoms with Crippen LogP contribution >= 0.6 is 0 Å². The topological polar surface area (TPSA) is 42.2 Å². The molecule has 0 spiro atoms. The van der Waals surface area contributed by atoms with E-state index in [9.17, 15) is 5.26 Å². The number of benzene rings is 2. The maximum atomic E-state index is 9.50. The van der Waals surface area contributed by atoms with Crippen LogP contribution in [-0.4, -0.2) is 12.2 Å². The van der Waals surface area contributed by atoms with Crippen molar-refractivity contribution in [2.24, 2.45) is 0 Å². The van der Waals surface area contributed by atoms with Gasteiger partial charge < -0.3 is 9.47 Å². The van der Waals surface area contributed by atoms with Crippen LogP contribution in [0.4, 0.5) is 0 Å². The molecule has 2 aromatic rings. The molecule has 0 aliphatic rings. The van der Waals surface area contributed by atoms with E-state index in [0.29, 0.717) is 11.3 Å². The highest BCUT2D eigenvalue weighted by Gasteiger charge is 2.09. The molecule has 0 bridgehead atoms. The van der Waals surface area contributed by atoms with Crippen molar-refractivity contribution in [2.45, 2.75) is 39.9 Å². The molecule has 0 aromatic heterocycles. The van der Waals surface area contributed by atoms with E-state index < -0.39 is 0 Å². The minimum atomic E-state index is 0.0358. The van der Waals surface area contributed by atoms with Gasteiger partial charge in [0.15, 0.2) is 0 Å². The molecule has 2 rings (SSSR count). The number of rotatable bonds is 6. The molecule has 0 heterocycles. The number of hydrogen-bond acceptors (Lipinski definition) is 3. The maximum Gasteiger partial charge on any atom is 0.130 e. The molecule has 24 heavy (non-hydrogen) atoms. The zero-order valence-corrected chi connectivity index (χ0v) is 14.6. The normalized spacial score (nSPS) is 11.5. The first-order chi connectivity index (χ1) is 11.5. The van der Waals surface area contributed by atoms with Gasteiger partial charge in [0.25, 0.3) is 0 Å². The lowest BCUT2D eigenvalue weighted by Crippen LogP contribution is -2.09. The zero-order valence-electron chi connectivity index (χ0n) is 14.6. The monoisotopic (exact) mass is 321 g/mol. The summed E-state index contributed by atoms with van der Waals surface area (Å²) in [6, 6.07) is 17.6. The minimum absolute atomic E-state index is 0.0358. The highest BCUT2D eigenvalue weighted by atomic mass is 16.5. The summed E-state index contributed by atoms with van der Waals surface area (Å²) in [7, 11) is 0. The second-order valence-corrected chi connectivity index (χ2v) is 6.07. The van der Waals surface area contributed by atoms with Crippen molar-refractivity contribution < 1.29 is 9.47 Å². The van der Waals surface area contributed by atoms with E-state index in [0.717, 1.165) is 16.9 Å². The van der Waals surface area contributed by atoms with Crippen LogP contribution in [0.5, 0.6) is 11.5 Å². The van der Waals surface area contributed by atoms with Gasteiger partial charge in [-0.3, -0.25) is 0 Å². The summed E-state index contributed by atoms with van der Waals surface area (Å²) in [6.07, 6.45) is 1.98. The Morgan fingerprint density at radius 2 is 1.62 bits per heavy atom. The summed E-state index contributed by atoms with van der Waals surface area (Å²) in [6.45, 7) is 7.93. The molecular formula is C21H23NO2. The smallest absolute Gasteiger partial charge is 0.130 e. The summed E-state index contributed by atoms with van der Waals surface area (Å²) in [5.74, 6) is 1.47. The molecule has 0 saturated heterocycles. The molecule has 2 aromatic carbocycles. The number of nitrogens with zero attached hydrogens (tertiary/aromatic N) is 1. The van der Waals surface area contributed by atoms with Gasteiger partial charge in [-0.05, 0) is 51.5 Å². The van der Waals surface area contributed by atoms with Crippen molar-refractivity contribution >= 4 is 11.6 Å². The summed E-state index contributed by atoms with van der Waals surface area (Å²) >= 11 is 0. The molecular weight excluding hydrogens is 298 g/mol. The van der Waals surface area contributed by atoms with Crippen LogP contribution in [0, 0.1) is 11.3 Å². The molecule has 0 aliphatic carbocycles. The molecule has 0 amide bonds. The van der Waals surface area contributed by atoms with Crippen molar-refractivity contribution in [3.8, 4) is 17.6 Å². The highest BCUT2D eigenvalue weighted by Crippen LogP contribution is 2.30. The fourth-order valence-corrected chi connectivity index (χ4v) is 2.29. The van der Waals surface area contributed by atoms with Gasteiger partial charge in [-0.2, -0.15) is 5.26 Å². The van der Waals surface area contributed by atoms with Gasteiger partial charge in [0.05, 0.1) is 23.9 Å². The average Bonchev–Trinajstić information content (AvgIpc) is 2.54. The summed E-state index contributed by atoms with van der Waals surface area (Å²) in [4.78, 5) is 0. The summed E-state index contributed by atoms with van der Waals surface area (Å²) in [5.41, 5.74) is 2.35. The van der Waals surface area contributed by atoms with Gasteiger partial charge in [-0.25, -0.2) is 0 Å². The molecule has 0 radical (unpaired) electrons. The lowest BCUT2D eigenvalue weighted by Gasteiger charge is -2.16. The van der Waals surface area contributed by atoms with Crippen LogP contribution < -0.4 is 9.47 Å². The molecule has 3 nitrogen and oxygen atoms in total. The lowest BCUT2D eigenvalue weighted by molar-refractivity contribution is 0.229. The highest BCUT2D eigenvalue weighted by molar-refractivity contribution is 5.90. The molecule has 0 saturated carbocycles. The average molecular weight is 321 g/mol. The standard InChI is InChI=1S/C21H23NO2/c1-15(2)23-20-11-10-18(21(13-20)24-16(3)4)12-19(14-22)17-8-6-5-7-9-17/h5-13,15-16H,1-4H3/b19-12-. The van der Waals surface area contributed by atoms with E-state index in [2.05, 4.69) is 6.07 Å². The van der Waals surface area contributed by atoms with Crippen molar-refractivity contribution in [3.63, 3.8) is 0 Å². The Morgan fingerprint density at radius 1 is 0.958 bits per heavy atom. The largest absolute Gasteiger partial charge is 0.491 e. The fraction of sp³-hybridized carbons (Fsp3) is 0.286. The molecule has 0 atom stereocenters. The van der Waals surface area contributed by atoms with Gasteiger partial charge in [0.2, 0.25) is 0 Å². The van der Waals surface area contributed by atoms with Crippen molar-refractivity contribution in [3.05, 3.63) is 59.7 Å². The maximum absolute atomic E-state index is 9.50. The molecule has 0 aliphatic heterocycles. The Balaban J connectivity index is 2.44. The van der Waals surface area contributed by atoms with E-state index in [1.165, 1.54) is 0 Å². The van der Waals surface area contributed by atoms with Gasteiger partial charge >= 0.3 is 0 Å². The Hall–Kier alpha value is -2.73. The lowest BCUT2D eigenvalue weighted by atomic mass is 10.0. The predicted octanol–water partition coefficient (Wildman–Crippen LogP) is 5.33. The van der Waals surface area contributed by atoms with Gasteiger partial charge in [0.1, 0.15) is 11.5 Å². The van der Waals surface area contributed by atoms with Crippen molar-refractivity contribution in [2.75, 3.05) is 0 Å². The minimum Gasteiger partial charge on any atom is -0.491 e. The van der Waals surface area contributed by atoms with Crippen molar-refractivity contribution in [1.82, 2.24) is 0 Å². The van der Waals surface area contributed by atoms with Crippen LogP contribution in [0.15, 0.2) is 48.5 Å². The number of ether oxygens (including phenoxy) is 2. The Bertz CT molecular complexity index is 740. The molecule has 0 N–H and O–H groups in total. The van der Waals surface area contributed by atoms with E-state index in [4.69, 9.17) is 9.47 Å². The second kappa shape index (κ2) is 8.21. The van der Waals surface area contributed by atoms with Gasteiger partial charge in [-0.15, -0.1) is 0 Å². The Morgan fingerprint density at radius 3 is 2.21 bits per heavy atom. The fourth-order valence-electron chi connectivity index (χ4n) is 2.29. The quantitative estimate of drug-likeness (QED) is 0.534. The van der Waals surface area contributed by atoms with Crippen LogP contribution in [0.3, 0.4) is 0 Å². The third-order valence-electron chi connectivity index (χ3n) is 3.22. The zero-order chi connectivity index (χ0) is 17.5. The van der Waals surface area contributed by atoms with Crippen LogP contribution in [0.1, 0.15) is 38.8 Å². The first-order valence-electron chi connectivity index (χ1n) is 8.14. The van der Waals surface area contributed by atoms with Gasteiger partial charge in [0, 0.05) is 11.6 Å². The number of hydrogen-bond donors (Lipinski definition) is 0. The van der Waals surface area contributed by atoms with E-state index >= 15 is 0 Å². The first-order valence-corrected chi connectivity index (χ1v) is 8.14. The molecule has 0 unspecified atom stereocenters.